The summed E-state index contributed by atoms with van der Waals surface area (Å²) >= 11 is 6.23. The molecule has 1 amide bonds. The van der Waals surface area contributed by atoms with Crippen molar-refractivity contribution in [2.45, 2.75) is 13.0 Å². The van der Waals surface area contributed by atoms with Crippen molar-refractivity contribution in [3.05, 3.63) is 70.1 Å². The Balaban J connectivity index is 2.10. The molecule has 7 heteroatoms. The van der Waals surface area contributed by atoms with E-state index in [1.54, 1.807) is 42.5 Å². The van der Waals surface area contributed by atoms with Crippen LogP contribution in [0.4, 0.5) is 5.69 Å². The van der Waals surface area contributed by atoms with Gasteiger partial charge in [0.05, 0.1) is 24.5 Å². The van der Waals surface area contributed by atoms with E-state index in [0.29, 0.717) is 22.0 Å². The lowest BCUT2D eigenvalue weighted by atomic mass is 10.1. The number of anilines is 1. The summed E-state index contributed by atoms with van der Waals surface area (Å²) in [5.41, 5.74) is 1.75. The van der Waals surface area contributed by atoms with Gasteiger partial charge in [-0.15, -0.1) is 0 Å². The molecule has 0 N–H and O–H groups in total. The molecule has 0 saturated heterocycles. The number of hydrogen-bond acceptors (Lipinski definition) is 4. The standard InChI is InChI=1S/C19H18ClNO4S/c1-13-7-8-14(11-17(13)20)21(15-9-10-26(23,24)12-15)19(22)16-5-3-4-6-18(16)25-2/h3-11,15H,12H2,1-2H3/t15-/m1/s1. The molecule has 3 rings (SSSR count). The van der Waals surface area contributed by atoms with Gasteiger partial charge >= 0.3 is 0 Å². The first-order valence-corrected chi connectivity index (χ1v) is 10.1. The number of para-hydroxylation sites is 1. The van der Waals surface area contributed by atoms with Gasteiger partial charge in [0, 0.05) is 16.1 Å². The van der Waals surface area contributed by atoms with Crippen molar-refractivity contribution in [2.24, 2.45) is 0 Å². The number of rotatable bonds is 4. The SMILES string of the molecule is COc1ccccc1C(=O)N(c1ccc(C)c(Cl)c1)[C@@H]1C=CS(=O)(=O)C1. The Labute approximate surface area is 157 Å². The lowest BCUT2D eigenvalue weighted by molar-refractivity contribution is 0.0980. The molecule has 0 bridgehead atoms. The average Bonchev–Trinajstić information content (AvgIpc) is 2.97. The Hall–Kier alpha value is -2.31. The zero-order valence-corrected chi connectivity index (χ0v) is 15.9. The summed E-state index contributed by atoms with van der Waals surface area (Å²) < 4.78 is 29.1. The molecule has 0 fully saturated rings. The molecule has 1 aliphatic heterocycles. The number of ether oxygens (including phenoxy) is 1. The quantitative estimate of drug-likeness (QED) is 0.798. The van der Waals surface area contributed by atoms with E-state index in [0.717, 1.165) is 11.0 Å². The molecule has 0 saturated carbocycles. The maximum absolute atomic E-state index is 13.3. The molecule has 0 spiro atoms. The summed E-state index contributed by atoms with van der Waals surface area (Å²) in [6, 6.07) is 11.5. The highest BCUT2D eigenvalue weighted by Crippen LogP contribution is 2.30. The molecule has 1 heterocycles. The first-order valence-electron chi connectivity index (χ1n) is 7.96. The molecule has 0 unspecified atom stereocenters. The van der Waals surface area contributed by atoms with Crippen molar-refractivity contribution in [2.75, 3.05) is 17.8 Å². The van der Waals surface area contributed by atoms with Crippen molar-refractivity contribution < 1.29 is 17.9 Å². The highest BCUT2D eigenvalue weighted by molar-refractivity contribution is 7.94. The summed E-state index contributed by atoms with van der Waals surface area (Å²) in [7, 11) is -1.85. The molecule has 2 aromatic rings. The van der Waals surface area contributed by atoms with Gasteiger partial charge in [0.25, 0.3) is 5.91 Å². The van der Waals surface area contributed by atoms with E-state index in [1.165, 1.54) is 18.1 Å². The molecule has 0 radical (unpaired) electrons. The lowest BCUT2D eigenvalue weighted by Crippen LogP contribution is -2.41. The van der Waals surface area contributed by atoms with E-state index in [1.807, 2.05) is 6.92 Å². The summed E-state index contributed by atoms with van der Waals surface area (Å²) in [5.74, 6) is -0.0981. The normalized spacial score (nSPS) is 17.9. The van der Waals surface area contributed by atoms with Gasteiger partial charge in [-0.2, -0.15) is 0 Å². The molecule has 0 aliphatic carbocycles. The van der Waals surface area contributed by atoms with Crippen molar-refractivity contribution in [3.63, 3.8) is 0 Å². The van der Waals surface area contributed by atoms with Crippen LogP contribution in [-0.4, -0.2) is 33.2 Å². The van der Waals surface area contributed by atoms with Crippen LogP contribution in [0.25, 0.3) is 0 Å². The number of benzene rings is 2. The summed E-state index contributed by atoms with van der Waals surface area (Å²) in [4.78, 5) is 14.7. The zero-order chi connectivity index (χ0) is 18.9. The van der Waals surface area contributed by atoms with Crippen molar-refractivity contribution >= 4 is 33.0 Å². The Morgan fingerprint density at radius 3 is 2.58 bits per heavy atom. The van der Waals surface area contributed by atoms with Gasteiger partial charge in [0.1, 0.15) is 5.75 Å². The van der Waals surface area contributed by atoms with Gasteiger partial charge in [-0.3, -0.25) is 4.79 Å². The zero-order valence-electron chi connectivity index (χ0n) is 14.3. The highest BCUT2D eigenvalue weighted by Gasteiger charge is 2.33. The Kier molecular flexibility index (Phi) is 5.07. The number of aryl methyl sites for hydroxylation is 1. The number of methoxy groups -OCH3 is 1. The van der Waals surface area contributed by atoms with Crippen LogP contribution in [0.15, 0.2) is 53.9 Å². The van der Waals surface area contributed by atoms with E-state index in [4.69, 9.17) is 16.3 Å². The van der Waals surface area contributed by atoms with Crippen LogP contribution >= 0.6 is 11.6 Å². The molecule has 0 aromatic heterocycles. The van der Waals surface area contributed by atoms with Gasteiger partial charge in [0.2, 0.25) is 0 Å². The minimum atomic E-state index is -3.34. The van der Waals surface area contributed by atoms with E-state index >= 15 is 0 Å². The number of carbonyl (C=O) groups is 1. The second kappa shape index (κ2) is 7.13. The Morgan fingerprint density at radius 1 is 1.23 bits per heavy atom. The fraction of sp³-hybridized carbons (Fsp3) is 0.211. The Bertz CT molecular complexity index is 985. The molecule has 136 valence electrons. The molecule has 2 aromatic carbocycles. The molecule has 26 heavy (non-hydrogen) atoms. The minimum absolute atomic E-state index is 0.167. The number of carbonyl (C=O) groups excluding carboxylic acids is 1. The fourth-order valence-electron chi connectivity index (χ4n) is 2.86. The molecular formula is C19H18ClNO4S. The summed E-state index contributed by atoms with van der Waals surface area (Å²) in [5, 5.41) is 1.65. The molecule has 1 atom stereocenters. The molecule has 1 aliphatic rings. The first-order chi connectivity index (χ1) is 12.3. The van der Waals surface area contributed by atoms with Crippen molar-refractivity contribution in [1.29, 1.82) is 0 Å². The Morgan fingerprint density at radius 2 is 1.96 bits per heavy atom. The van der Waals surface area contributed by atoms with E-state index in [9.17, 15) is 13.2 Å². The number of hydrogen-bond donors (Lipinski definition) is 0. The predicted octanol–water partition coefficient (Wildman–Crippen LogP) is 3.61. The second-order valence-corrected chi connectivity index (χ2v) is 8.37. The largest absolute Gasteiger partial charge is 0.496 e. The van der Waals surface area contributed by atoms with Crippen LogP contribution in [0.2, 0.25) is 5.02 Å². The maximum atomic E-state index is 13.3. The van der Waals surface area contributed by atoms with E-state index in [2.05, 4.69) is 0 Å². The third-order valence-corrected chi connectivity index (χ3v) is 6.02. The van der Waals surface area contributed by atoms with Gasteiger partial charge in [-0.05, 0) is 42.8 Å². The summed E-state index contributed by atoms with van der Waals surface area (Å²) in [6.45, 7) is 1.86. The maximum Gasteiger partial charge on any atom is 0.262 e. The minimum Gasteiger partial charge on any atom is -0.496 e. The third-order valence-electron chi connectivity index (χ3n) is 4.23. The van der Waals surface area contributed by atoms with Crippen molar-refractivity contribution in [1.82, 2.24) is 0 Å². The lowest BCUT2D eigenvalue weighted by Gasteiger charge is -2.28. The first kappa shape index (κ1) is 18.5. The van der Waals surface area contributed by atoms with Gasteiger partial charge in [0.15, 0.2) is 9.84 Å². The van der Waals surface area contributed by atoms with E-state index < -0.39 is 15.9 Å². The predicted molar refractivity (Wildman–Crippen MR) is 103 cm³/mol. The van der Waals surface area contributed by atoms with Gasteiger partial charge in [-0.1, -0.05) is 29.8 Å². The van der Waals surface area contributed by atoms with Crippen LogP contribution < -0.4 is 9.64 Å². The monoisotopic (exact) mass is 391 g/mol. The summed E-state index contributed by atoms with van der Waals surface area (Å²) in [6.07, 6.45) is 1.52. The fourth-order valence-corrected chi connectivity index (χ4v) is 4.31. The van der Waals surface area contributed by atoms with Crippen LogP contribution in [0.3, 0.4) is 0 Å². The van der Waals surface area contributed by atoms with Gasteiger partial charge in [-0.25, -0.2) is 8.42 Å². The topological polar surface area (TPSA) is 63.7 Å². The number of halogens is 1. The smallest absolute Gasteiger partial charge is 0.262 e. The molecular weight excluding hydrogens is 374 g/mol. The number of amides is 1. The third kappa shape index (κ3) is 3.61. The average molecular weight is 392 g/mol. The van der Waals surface area contributed by atoms with Crippen LogP contribution in [0.5, 0.6) is 5.75 Å². The van der Waals surface area contributed by atoms with Crippen LogP contribution in [0, 0.1) is 6.92 Å². The van der Waals surface area contributed by atoms with Crippen LogP contribution in [-0.2, 0) is 9.84 Å². The number of nitrogens with zero attached hydrogens (tertiary/aromatic N) is 1. The highest BCUT2D eigenvalue weighted by atomic mass is 35.5. The molecule has 5 nitrogen and oxygen atoms in total. The van der Waals surface area contributed by atoms with Crippen LogP contribution in [0.1, 0.15) is 15.9 Å². The number of sulfone groups is 1. The van der Waals surface area contributed by atoms with E-state index in [-0.39, 0.29) is 11.7 Å². The van der Waals surface area contributed by atoms with Gasteiger partial charge < -0.3 is 9.64 Å². The second-order valence-electron chi connectivity index (χ2n) is 6.03. The van der Waals surface area contributed by atoms with Crippen molar-refractivity contribution in [3.8, 4) is 5.75 Å².